The lowest BCUT2D eigenvalue weighted by molar-refractivity contribution is -0.183. The van der Waals surface area contributed by atoms with Crippen LogP contribution in [0.5, 0.6) is 0 Å². The van der Waals surface area contributed by atoms with Gasteiger partial charge in [-0.25, -0.2) is 0 Å². The third-order valence-corrected chi connectivity index (χ3v) is 4.42. The van der Waals surface area contributed by atoms with Crippen molar-refractivity contribution in [1.82, 2.24) is 15.2 Å². The van der Waals surface area contributed by atoms with Crippen LogP contribution in [0.3, 0.4) is 0 Å². The van der Waals surface area contributed by atoms with E-state index in [-0.39, 0.29) is 11.9 Å². The largest absolute Gasteiger partial charge is 0.382 e. The van der Waals surface area contributed by atoms with Crippen molar-refractivity contribution in [1.29, 1.82) is 0 Å². The number of pyridine rings is 1. The minimum Gasteiger partial charge on any atom is -0.382 e. The first kappa shape index (κ1) is 15.4. The summed E-state index contributed by atoms with van der Waals surface area (Å²) in [4.78, 5) is 18.6. The molecule has 0 unspecified atom stereocenters. The van der Waals surface area contributed by atoms with Gasteiger partial charge in [0.25, 0.3) is 5.91 Å². The highest BCUT2D eigenvalue weighted by Crippen LogP contribution is 2.40. The molecule has 1 aromatic heterocycles. The molecule has 2 aliphatic heterocycles. The summed E-state index contributed by atoms with van der Waals surface area (Å²) in [7, 11) is 1.63. The average molecular weight is 305 g/mol. The van der Waals surface area contributed by atoms with E-state index >= 15 is 0 Å². The summed E-state index contributed by atoms with van der Waals surface area (Å²) in [6.45, 7) is 2.87. The number of rotatable bonds is 6. The number of aromatic nitrogens is 1. The third-order valence-electron chi connectivity index (χ3n) is 4.42. The highest BCUT2D eigenvalue weighted by molar-refractivity contribution is 5.89. The number of hydrogen-bond acceptors (Lipinski definition) is 5. The number of amides is 1. The van der Waals surface area contributed by atoms with Gasteiger partial charge in [-0.05, 0) is 43.6 Å². The van der Waals surface area contributed by atoms with Gasteiger partial charge in [-0.15, -0.1) is 0 Å². The Morgan fingerprint density at radius 3 is 2.68 bits per heavy atom. The second-order valence-corrected chi connectivity index (χ2v) is 5.74. The van der Waals surface area contributed by atoms with Crippen molar-refractivity contribution in [3.8, 4) is 0 Å². The van der Waals surface area contributed by atoms with Gasteiger partial charge in [0.05, 0.1) is 19.3 Å². The van der Waals surface area contributed by atoms with Gasteiger partial charge >= 0.3 is 0 Å². The number of hydrogen-bond donors (Lipinski definition) is 1. The van der Waals surface area contributed by atoms with Crippen LogP contribution in [0.15, 0.2) is 24.5 Å². The van der Waals surface area contributed by atoms with Crippen LogP contribution in [0.1, 0.15) is 24.4 Å². The molecule has 0 saturated carbocycles. The van der Waals surface area contributed by atoms with Crippen LogP contribution in [-0.2, 0) is 14.3 Å². The van der Waals surface area contributed by atoms with Gasteiger partial charge in [0.15, 0.2) is 6.10 Å². The second-order valence-electron chi connectivity index (χ2n) is 5.74. The number of carbonyl (C=O) groups excluding carboxylic acids is 1. The first-order chi connectivity index (χ1) is 10.8. The number of carbonyl (C=O) groups is 1. The zero-order valence-electron chi connectivity index (χ0n) is 12.9. The molecular formula is C16H23N3O3. The monoisotopic (exact) mass is 305 g/mol. The molecule has 22 heavy (non-hydrogen) atoms. The Hall–Kier alpha value is -1.50. The number of piperidine rings is 1. The molecule has 1 amide bonds. The summed E-state index contributed by atoms with van der Waals surface area (Å²) in [5.74, 6) is 0.102. The van der Waals surface area contributed by atoms with Crippen molar-refractivity contribution in [2.45, 2.75) is 31.0 Å². The van der Waals surface area contributed by atoms with E-state index in [9.17, 15) is 4.79 Å². The molecule has 3 rings (SSSR count). The predicted octanol–water partition coefficient (Wildman–Crippen LogP) is 0.749. The molecule has 0 aliphatic carbocycles. The van der Waals surface area contributed by atoms with E-state index in [2.05, 4.69) is 10.3 Å². The highest BCUT2D eigenvalue weighted by atomic mass is 16.5. The van der Waals surface area contributed by atoms with Crippen LogP contribution in [0, 0.1) is 0 Å². The van der Waals surface area contributed by atoms with Crippen LogP contribution >= 0.6 is 0 Å². The molecule has 2 atom stereocenters. The molecule has 0 spiro atoms. The molecule has 0 bridgehead atoms. The second kappa shape index (κ2) is 7.17. The normalized spacial score (nSPS) is 26.0. The zero-order chi connectivity index (χ0) is 15.4. The molecule has 2 fully saturated rings. The number of methoxy groups -OCH3 is 1. The number of ether oxygens (including phenoxy) is 2. The fourth-order valence-electron chi connectivity index (χ4n) is 3.29. The lowest BCUT2D eigenvalue weighted by atomic mass is 9.87. The topological polar surface area (TPSA) is 63.7 Å². The molecule has 1 aromatic rings. The Kier molecular flexibility index (Phi) is 5.02. The van der Waals surface area contributed by atoms with Gasteiger partial charge in [-0.1, -0.05) is 0 Å². The van der Waals surface area contributed by atoms with Crippen molar-refractivity contribution in [3.05, 3.63) is 30.1 Å². The van der Waals surface area contributed by atoms with E-state index < -0.39 is 6.10 Å². The highest BCUT2D eigenvalue weighted by Gasteiger charge is 2.51. The smallest absolute Gasteiger partial charge is 0.255 e. The maximum absolute atomic E-state index is 12.6. The molecule has 3 heterocycles. The van der Waals surface area contributed by atoms with E-state index in [0.717, 1.165) is 31.5 Å². The summed E-state index contributed by atoms with van der Waals surface area (Å²) >= 11 is 0. The third kappa shape index (κ3) is 2.99. The lowest BCUT2D eigenvalue weighted by Gasteiger charge is -2.51. The van der Waals surface area contributed by atoms with Crippen LogP contribution in [0.25, 0.3) is 0 Å². The van der Waals surface area contributed by atoms with E-state index in [1.54, 1.807) is 19.5 Å². The van der Waals surface area contributed by atoms with Gasteiger partial charge in [0.2, 0.25) is 0 Å². The molecule has 6 nitrogen and oxygen atoms in total. The molecule has 2 aliphatic rings. The number of nitrogens with zero attached hydrogens (tertiary/aromatic N) is 2. The minimum absolute atomic E-state index is 0.00421. The van der Waals surface area contributed by atoms with Crippen LogP contribution < -0.4 is 5.32 Å². The summed E-state index contributed by atoms with van der Waals surface area (Å²) in [5, 5.41) is 3.34. The Labute approximate surface area is 130 Å². The molecule has 6 heteroatoms. The van der Waals surface area contributed by atoms with E-state index in [4.69, 9.17) is 9.47 Å². The minimum atomic E-state index is -0.396. The predicted molar refractivity (Wildman–Crippen MR) is 81.3 cm³/mol. The van der Waals surface area contributed by atoms with Crippen LogP contribution in [-0.4, -0.2) is 61.3 Å². The Morgan fingerprint density at radius 1 is 1.27 bits per heavy atom. The van der Waals surface area contributed by atoms with E-state index in [1.165, 1.54) is 0 Å². The lowest BCUT2D eigenvalue weighted by Crippen LogP contribution is -2.64. The van der Waals surface area contributed by atoms with Crippen molar-refractivity contribution in [3.63, 3.8) is 0 Å². The maximum Gasteiger partial charge on any atom is 0.255 e. The SMILES string of the molecule is COCCO[C@H]1C(=O)N(C2CCNCC2)[C@H]1c1ccncc1. The fourth-order valence-corrected chi connectivity index (χ4v) is 3.29. The molecule has 120 valence electrons. The fraction of sp³-hybridized carbons (Fsp3) is 0.625. The van der Waals surface area contributed by atoms with Gasteiger partial charge in [-0.2, -0.15) is 0 Å². The van der Waals surface area contributed by atoms with E-state index in [0.29, 0.717) is 19.3 Å². The Balaban J connectivity index is 1.75. The quantitative estimate of drug-likeness (QED) is 0.621. The van der Waals surface area contributed by atoms with Crippen LogP contribution in [0.2, 0.25) is 0 Å². The summed E-state index contributed by atoms with van der Waals surface area (Å²) in [6.07, 6.45) is 5.14. The maximum atomic E-state index is 12.6. The molecule has 0 aromatic carbocycles. The van der Waals surface area contributed by atoms with E-state index in [1.807, 2.05) is 17.0 Å². The molecule has 0 radical (unpaired) electrons. The Morgan fingerprint density at radius 2 is 2.00 bits per heavy atom. The molecule has 1 N–H and O–H groups in total. The number of likely N-dealkylation sites (tertiary alicyclic amines) is 1. The first-order valence-corrected chi connectivity index (χ1v) is 7.86. The average Bonchev–Trinajstić information content (AvgIpc) is 2.58. The van der Waals surface area contributed by atoms with Crippen molar-refractivity contribution >= 4 is 5.91 Å². The summed E-state index contributed by atoms with van der Waals surface area (Å²) in [5.41, 5.74) is 1.09. The first-order valence-electron chi connectivity index (χ1n) is 7.86. The van der Waals surface area contributed by atoms with Gasteiger partial charge in [-0.3, -0.25) is 9.78 Å². The molecule has 2 saturated heterocycles. The molecular weight excluding hydrogens is 282 g/mol. The zero-order valence-corrected chi connectivity index (χ0v) is 12.9. The summed E-state index contributed by atoms with van der Waals surface area (Å²) < 4.78 is 10.8. The van der Waals surface area contributed by atoms with Crippen molar-refractivity contribution in [2.24, 2.45) is 0 Å². The Bertz CT molecular complexity index is 491. The van der Waals surface area contributed by atoms with Crippen LogP contribution in [0.4, 0.5) is 0 Å². The number of nitrogens with one attached hydrogen (secondary N) is 1. The summed E-state index contributed by atoms with van der Waals surface area (Å²) in [6, 6.07) is 4.24. The number of β-lactam (4-membered cyclic amide) rings is 1. The van der Waals surface area contributed by atoms with Gasteiger partial charge < -0.3 is 19.7 Å². The van der Waals surface area contributed by atoms with Crippen molar-refractivity contribution in [2.75, 3.05) is 33.4 Å². The van der Waals surface area contributed by atoms with Gasteiger partial charge in [0.1, 0.15) is 0 Å². The standard InChI is InChI=1S/C16H23N3O3/c1-21-10-11-22-15-14(12-2-6-17-7-3-12)19(16(15)20)13-4-8-18-9-5-13/h2-3,6-7,13-15,18H,4-5,8-11H2,1H3/t14-,15+/m0/s1. The van der Waals surface area contributed by atoms with Crippen molar-refractivity contribution < 1.29 is 14.3 Å². The van der Waals surface area contributed by atoms with Gasteiger partial charge in [0, 0.05) is 25.5 Å².